The van der Waals surface area contributed by atoms with E-state index in [4.69, 9.17) is 0 Å². The molecule has 1 atom stereocenters. The van der Waals surface area contributed by atoms with Crippen LogP contribution in [0.5, 0.6) is 0 Å². The summed E-state index contributed by atoms with van der Waals surface area (Å²) in [5.41, 5.74) is -0.706. The molecule has 2 aromatic rings. The molecule has 25 heavy (non-hydrogen) atoms. The van der Waals surface area contributed by atoms with Crippen molar-refractivity contribution >= 4 is 17.5 Å². The SMILES string of the molecule is CNc1cc(N2CCCC2CNc2cc(C(F)(F)F)ccn2)ncn1. The van der Waals surface area contributed by atoms with Crippen molar-refractivity contribution in [1.82, 2.24) is 15.0 Å². The minimum absolute atomic E-state index is 0.135. The van der Waals surface area contributed by atoms with Crippen LogP contribution in [0.4, 0.5) is 30.6 Å². The maximum absolute atomic E-state index is 12.8. The fraction of sp³-hybridized carbons (Fsp3) is 0.438. The Balaban J connectivity index is 1.68. The van der Waals surface area contributed by atoms with Crippen molar-refractivity contribution in [2.24, 2.45) is 0 Å². The largest absolute Gasteiger partial charge is 0.416 e. The highest BCUT2D eigenvalue weighted by Crippen LogP contribution is 2.30. The molecular formula is C16H19F3N6. The number of aromatic nitrogens is 3. The molecule has 0 bridgehead atoms. The Morgan fingerprint density at radius 2 is 2.04 bits per heavy atom. The molecule has 0 saturated carbocycles. The highest BCUT2D eigenvalue weighted by atomic mass is 19.4. The predicted octanol–water partition coefficient (Wildman–Crippen LogP) is 3.01. The van der Waals surface area contributed by atoms with Crippen LogP contribution in [-0.2, 0) is 6.18 Å². The van der Waals surface area contributed by atoms with E-state index in [0.717, 1.165) is 43.2 Å². The summed E-state index contributed by atoms with van der Waals surface area (Å²) in [7, 11) is 1.79. The van der Waals surface area contributed by atoms with Gasteiger partial charge in [-0.15, -0.1) is 0 Å². The van der Waals surface area contributed by atoms with Gasteiger partial charge in [0.1, 0.15) is 23.8 Å². The van der Waals surface area contributed by atoms with E-state index >= 15 is 0 Å². The van der Waals surface area contributed by atoms with Crippen LogP contribution in [0.25, 0.3) is 0 Å². The molecule has 2 N–H and O–H groups in total. The third kappa shape index (κ3) is 4.09. The van der Waals surface area contributed by atoms with E-state index in [9.17, 15) is 13.2 Å². The lowest BCUT2D eigenvalue weighted by atomic mass is 10.2. The highest BCUT2D eigenvalue weighted by Gasteiger charge is 2.31. The first kappa shape index (κ1) is 17.2. The third-order valence-electron chi connectivity index (χ3n) is 4.19. The number of halogens is 3. The van der Waals surface area contributed by atoms with Crippen molar-refractivity contribution < 1.29 is 13.2 Å². The molecular weight excluding hydrogens is 333 g/mol. The van der Waals surface area contributed by atoms with E-state index in [0.29, 0.717) is 6.54 Å². The number of hydrogen-bond acceptors (Lipinski definition) is 6. The minimum atomic E-state index is -4.37. The molecule has 9 heteroatoms. The van der Waals surface area contributed by atoms with Crippen LogP contribution in [0.1, 0.15) is 18.4 Å². The van der Waals surface area contributed by atoms with Gasteiger partial charge in [0.05, 0.1) is 5.56 Å². The van der Waals surface area contributed by atoms with Gasteiger partial charge in [0.15, 0.2) is 0 Å². The molecule has 1 aliphatic rings. The molecule has 2 aromatic heterocycles. The molecule has 3 heterocycles. The zero-order chi connectivity index (χ0) is 17.9. The summed E-state index contributed by atoms with van der Waals surface area (Å²) in [4.78, 5) is 14.5. The average molecular weight is 352 g/mol. The van der Waals surface area contributed by atoms with Crippen molar-refractivity contribution in [3.05, 3.63) is 36.3 Å². The van der Waals surface area contributed by atoms with Gasteiger partial charge in [0.25, 0.3) is 0 Å². The summed E-state index contributed by atoms with van der Waals surface area (Å²) in [6.45, 7) is 1.34. The molecule has 0 radical (unpaired) electrons. The van der Waals surface area contributed by atoms with E-state index in [1.54, 1.807) is 7.05 Å². The normalized spacial score (nSPS) is 17.6. The van der Waals surface area contributed by atoms with Gasteiger partial charge in [-0.3, -0.25) is 0 Å². The van der Waals surface area contributed by atoms with Gasteiger partial charge in [-0.1, -0.05) is 0 Å². The first-order valence-corrected chi connectivity index (χ1v) is 8.01. The summed E-state index contributed by atoms with van der Waals surface area (Å²) in [5.74, 6) is 1.75. The highest BCUT2D eigenvalue weighted by molar-refractivity contribution is 5.50. The Morgan fingerprint density at radius 1 is 1.20 bits per heavy atom. The molecule has 134 valence electrons. The van der Waals surface area contributed by atoms with Crippen LogP contribution in [0.15, 0.2) is 30.7 Å². The zero-order valence-electron chi connectivity index (χ0n) is 13.7. The van der Waals surface area contributed by atoms with Crippen LogP contribution in [0, 0.1) is 0 Å². The number of alkyl halides is 3. The van der Waals surface area contributed by atoms with Crippen LogP contribution >= 0.6 is 0 Å². The molecule has 1 aliphatic heterocycles. The summed E-state index contributed by atoms with van der Waals surface area (Å²) in [6.07, 6.45) is 0.231. The van der Waals surface area contributed by atoms with E-state index in [1.807, 2.05) is 6.07 Å². The van der Waals surface area contributed by atoms with Crippen LogP contribution < -0.4 is 15.5 Å². The molecule has 0 amide bonds. The van der Waals surface area contributed by atoms with Crippen molar-refractivity contribution in [1.29, 1.82) is 0 Å². The fourth-order valence-electron chi connectivity index (χ4n) is 2.92. The van der Waals surface area contributed by atoms with E-state index in [2.05, 4.69) is 30.5 Å². The van der Waals surface area contributed by atoms with Crippen LogP contribution in [-0.4, -0.2) is 41.1 Å². The van der Waals surface area contributed by atoms with Crippen LogP contribution in [0.2, 0.25) is 0 Å². The fourth-order valence-corrected chi connectivity index (χ4v) is 2.92. The molecule has 1 unspecified atom stereocenters. The van der Waals surface area contributed by atoms with Crippen molar-refractivity contribution in [3.63, 3.8) is 0 Å². The summed E-state index contributed by atoms with van der Waals surface area (Å²) >= 11 is 0. The number of nitrogens with one attached hydrogen (secondary N) is 2. The molecule has 0 spiro atoms. The lowest BCUT2D eigenvalue weighted by molar-refractivity contribution is -0.137. The Hall–Kier alpha value is -2.58. The maximum atomic E-state index is 12.8. The van der Waals surface area contributed by atoms with Crippen molar-refractivity contribution in [2.45, 2.75) is 25.1 Å². The van der Waals surface area contributed by atoms with Gasteiger partial charge >= 0.3 is 6.18 Å². The number of hydrogen-bond donors (Lipinski definition) is 2. The van der Waals surface area contributed by atoms with Gasteiger partial charge in [-0.05, 0) is 25.0 Å². The molecule has 3 rings (SSSR count). The minimum Gasteiger partial charge on any atom is -0.373 e. The molecule has 0 aliphatic carbocycles. The Bertz CT molecular complexity index is 721. The van der Waals surface area contributed by atoms with Crippen molar-refractivity contribution in [2.75, 3.05) is 35.7 Å². The number of rotatable bonds is 5. The van der Waals surface area contributed by atoms with Crippen LogP contribution in [0.3, 0.4) is 0 Å². The van der Waals surface area contributed by atoms with Gasteiger partial charge in [-0.25, -0.2) is 15.0 Å². The second-order valence-corrected chi connectivity index (χ2v) is 5.81. The molecule has 6 nitrogen and oxygen atoms in total. The van der Waals surface area contributed by atoms with E-state index in [-0.39, 0.29) is 11.9 Å². The summed E-state index contributed by atoms with van der Waals surface area (Å²) in [6, 6.07) is 3.99. The second kappa shape index (κ2) is 7.12. The van der Waals surface area contributed by atoms with E-state index in [1.165, 1.54) is 12.5 Å². The Morgan fingerprint density at radius 3 is 2.80 bits per heavy atom. The summed E-state index contributed by atoms with van der Waals surface area (Å²) in [5, 5.41) is 5.99. The smallest absolute Gasteiger partial charge is 0.373 e. The maximum Gasteiger partial charge on any atom is 0.416 e. The van der Waals surface area contributed by atoms with Gasteiger partial charge < -0.3 is 15.5 Å². The first-order valence-electron chi connectivity index (χ1n) is 8.01. The third-order valence-corrected chi connectivity index (χ3v) is 4.19. The number of anilines is 3. The zero-order valence-corrected chi connectivity index (χ0v) is 13.7. The number of pyridine rings is 1. The summed E-state index contributed by atoms with van der Waals surface area (Å²) < 4.78 is 38.3. The first-order chi connectivity index (χ1) is 12.0. The molecule has 1 fully saturated rings. The molecule has 1 saturated heterocycles. The number of nitrogens with zero attached hydrogens (tertiary/aromatic N) is 4. The van der Waals surface area contributed by atoms with Gasteiger partial charge in [0.2, 0.25) is 0 Å². The van der Waals surface area contributed by atoms with Crippen molar-refractivity contribution in [3.8, 4) is 0 Å². The lowest BCUT2D eigenvalue weighted by Gasteiger charge is -2.26. The average Bonchev–Trinajstić information content (AvgIpc) is 3.08. The van der Waals surface area contributed by atoms with E-state index < -0.39 is 11.7 Å². The standard InChI is InChI=1S/C16H19F3N6/c1-20-13-8-15(24-10-23-13)25-6-2-3-12(25)9-22-14-7-11(4-5-21-14)16(17,18)19/h4-5,7-8,10,12H,2-3,6,9H2,1H3,(H,21,22)(H,20,23,24). The quantitative estimate of drug-likeness (QED) is 0.862. The topological polar surface area (TPSA) is 66.0 Å². The van der Waals surface area contributed by atoms with Gasteiger partial charge in [-0.2, -0.15) is 13.2 Å². The predicted molar refractivity (Wildman–Crippen MR) is 89.7 cm³/mol. The second-order valence-electron chi connectivity index (χ2n) is 5.81. The molecule has 0 aromatic carbocycles. The van der Waals surface area contributed by atoms with Gasteiger partial charge in [0, 0.05) is 38.4 Å². The monoisotopic (exact) mass is 352 g/mol. The Kier molecular flexibility index (Phi) is 4.91. The Labute approximate surface area is 143 Å². The lowest BCUT2D eigenvalue weighted by Crippen LogP contribution is -2.35.